The lowest BCUT2D eigenvalue weighted by Crippen LogP contribution is -2.08. The molecule has 0 heterocycles. The number of alkyl halides is 5. The first-order chi connectivity index (χ1) is 10.2. The minimum Gasteiger partial charge on any atom is -0.507 e. The van der Waals surface area contributed by atoms with E-state index in [1.54, 1.807) is 0 Å². The maximum atomic E-state index is 12.9. The van der Waals surface area contributed by atoms with E-state index in [-0.39, 0.29) is 16.3 Å². The van der Waals surface area contributed by atoms with Crippen molar-refractivity contribution in [2.24, 2.45) is 0 Å². The van der Waals surface area contributed by atoms with Gasteiger partial charge in [-0.1, -0.05) is 30.3 Å². The fourth-order valence-corrected chi connectivity index (χ4v) is 2.05. The molecule has 0 saturated carbocycles. The van der Waals surface area contributed by atoms with E-state index < -0.39 is 29.7 Å². The molecule has 2 aromatic rings. The van der Waals surface area contributed by atoms with E-state index in [4.69, 9.17) is 0 Å². The molecular weight excluding hydrogens is 307 g/mol. The molecule has 0 radical (unpaired) electrons. The summed E-state index contributed by atoms with van der Waals surface area (Å²) >= 11 is 0. The molecule has 1 N–H and O–H groups in total. The fraction of sp³-hybridized carbons (Fsp3) is 0.133. The lowest BCUT2D eigenvalue weighted by molar-refractivity contribution is -0.136. The number of allylic oxidation sites excluding steroid dienone is 1. The van der Waals surface area contributed by atoms with Gasteiger partial charge in [0.15, 0.2) is 0 Å². The highest BCUT2D eigenvalue weighted by Crippen LogP contribution is 2.37. The van der Waals surface area contributed by atoms with Crippen molar-refractivity contribution < 1.29 is 31.9 Å². The molecule has 0 amide bonds. The van der Waals surface area contributed by atoms with Gasteiger partial charge in [0.05, 0.1) is 5.56 Å². The second-order valence-electron chi connectivity index (χ2n) is 4.44. The SMILES string of the molecule is O=C(/C=C(\O)c1ccc(C(F)(F)F)c2ccccc12)C(F)F. The summed E-state index contributed by atoms with van der Waals surface area (Å²) in [4.78, 5) is 10.9. The molecule has 0 aliphatic heterocycles. The van der Waals surface area contributed by atoms with Crippen LogP contribution in [0.3, 0.4) is 0 Å². The molecule has 0 fully saturated rings. The number of halogens is 5. The number of hydrogen-bond acceptors (Lipinski definition) is 2. The van der Waals surface area contributed by atoms with Crippen molar-refractivity contribution in [1.29, 1.82) is 0 Å². The number of aliphatic hydroxyl groups excluding tert-OH is 1. The third-order valence-corrected chi connectivity index (χ3v) is 3.00. The molecule has 7 heteroatoms. The Bertz CT molecular complexity index is 747. The van der Waals surface area contributed by atoms with Crippen LogP contribution in [-0.2, 0) is 11.0 Å². The van der Waals surface area contributed by atoms with Gasteiger partial charge in [-0.05, 0) is 16.8 Å². The maximum absolute atomic E-state index is 12.9. The van der Waals surface area contributed by atoms with Gasteiger partial charge in [0.1, 0.15) is 5.76 Å². The number of hydrogen-bond donors (Lipinski definition) is 1. The van der Waals surface area contributed by atoms with Crippen LogP contribution in [-0.4, -0.2) is 17.3 Å². The molecule has 0 aromatic heterocycles. The lowest BCUT2D eigenvalue weighted by Gasteiger charge is -2.13. The monoisotopic (exact) mass is 316 g/mol. The van der Waals surface area contributed by atoms with Gasteiger partial charge >= 0.3 is 6.18 Å². The normalized spacial score (nSPS) is 12.9. The lowest BCUT2D eigenvalue weighted by atomic mass is 9.98. The Balaban J connectivity index is 2.66. The number of carbonyl (C=O) groups is 1. The topological polar surface area (TPSA) is 37.3 Å². The van der Waals surface area contributed by atoms with Crippen molar-refractivity contribution in [3.8, 4) is 0 Å². The van der Waals surface area contributed by atoms with E-state index in [0.717, 1.165) is 12.1 Å². The third kappa shape index (κ3) is 3.08. The van der Waals surface area contributed by atoms with Gasteiger partial charge < -0.3 is 5.11 Å². The summed E-state index contributed by atoms with van der Waals surface area (Å²) in [6, 6.07) is 6.99. The minimum atomic E-state index is -4.60. The highest BCUT2D eigenvalue weighted by atomic mass is 19.4. The Morgan fingerprint density at radius 3 is 2.18 bits per heavy atom. The zero-order valence-electron chi connectivity index (χ0n) is 10.9. The molecule has 2 rings (SSSR count). The van der Waals surface area contributed by atoms with Gasteiger partial charge in [-0.3, -0.25) is 4.79 Å². The summed E-state index contributed by atoms with van der Waals surface area (Å²) in [7, 11) is 0. The van der Waals surface area contributed by atoms with E-state index in [9.17, 15) is 31.9 Å². The number of rotatable bonds is 3. The van der Waals surface area contributed by atoms with E-state index in [2.05, 4.69) is 0 Å². The number of fused-ring (bicyclic) bond motifs is 1. The van der Waals surface area contributed by atoms with Gasteiger partial charge in [0.2, 0.25) is 5.78 Å². The summed E-state index contributed by atoms with van der Waals surface area (Å²) in [6.07, 6.45) is -7.60. The predicted octanol–water partition coefficient (Wildman–Crippen LogP) is 4.59. The second-order valence-corrected chi connectivity index (χ2v) is 4.44. The van der Waals surface area contributed by atoms with Crippen LogP contribution in [0.15, 0.2) is 42.5 Å². The quantitative estimate of drug-likeness (QED) is 0.511. The summed E-state index contributed by atoms with van der Waals surface area (Å²) in [5.74, 6) is -2.43. The molecular formula is C15H9F5O2. The summed E-state index contributed by atoms with van der Waals surface area (Å²) in [6.45, 7) is 0. The standard InChI is InChI=1S/C15H9F5O2/c16-14(17)13(22)7-12(21)10-5-6-11(15(18,19)20)9-4-2-1-3-8(9)10/h1-7,14,21H/b12-7-. The second kappa shape index (κ2) is 5.75. The number of ketones is 1. The Kier molecular flexibility index (Phi) is 4.16. The van der Waals surface area contributed by atoms with Crippen molar-refractivity contribution in [1.82, 2.24) is 0 Å². The van der Waals surface area contributed by atoms with Crippen molar-refractivity contribution in [3.05, 3.63) is 53.6 Å². The van der Waals surface area contributed by atoms with E-state index >= 15 is 0 Å². The zero-order chi connectivity index (χ0) is 16.5. The van der Waals surface area contributed by atoms with Gasteiger partial charge in [-0.25, -0.2) is 8.78 Å². The fourth-order valence-electron chi connectivity index (χ4n) is 2.05. The van der Waals surface area contributed by atoms with Crippen LogP contribution >= 0.6 is 0 Å². The Hall–Kier alpha value is -2.44. The molecule has 0 unspecified atom stereocenters. The third-order valence-electron chi connectivity index (χ3n) is 3.00. The molecule has 0 bridgehead atoms. The first-order valence-electron chi connectivity index (χ1n) is 6.04. The van der Waals surface area contributed by atoms with Crippen molar-refractivity contribution >= 4 is 22.3 Å². The van der Waals surface area contributed by atoms with Crippen LogP contribution in [0.25, 0.3) is 16.5 Å². The molecule has 0 aliphatic carbocycles. The predicted molar refractivity (Wildman–Crippen MR) is 70.6 cm³/mol. The average molecular weight is 316 g/mol. The Morgan fingerprint density at radius 1 is 1.05 bits per heavy atom. The Labute approximate surface area is 121 Å². The maximum Gasteiger partial charge on any atom is 0.417 e. The minimum absolute atomic E-state index is 0.00754. The summed E-state index contributed by atoms with van der Waals surface area (Å²) in [5.41, 5.74) is -1.04. The molecule has 2 aromatic carbocycles. The molecule has 22 heavy (non-hydrogen) atoms. The van der Waals surface area contributed by atoms with E-state index in [0.29, 0.717) is 6.08 Å². The summed E-state index contributed by atoms with van der Waals surface area (Å²) < 4.78 is 63.2. The summed E-state index contributed by atoms with van der Waals surface area (Å²) in [5, 5.41) is 9.57. The highest BCUT2D eigenvalue weighted by Gasteiger charge is 2.33. The van der Waals surface area contributed by atoms with Crippen LogP contribution in [0.1, 0.15) is 11.1 Å². The Morgan fingerprint density at radius 2 is 1.64 bits per heavy atom. The number of carbonyl (C=O) groups excluding carboxylic acids is 1. The van der Waals surface area contributed by atoms with E-state index in [1.807, 2.05) is 0 Å². The highest BCUT2D eigenvalue weighted by molar-refractivity contribution is 6.02. The van der Waals surface area contributed by atoms with Crippen LogP contribution in [0.4, 0.5) is 22.0 Å². The molecule has 0 spiro atoms. The smallest absolute Gasteiger partial charge is 0.417 e. The zero-order valence-corrected chi connectivity index (χ0v) is 10.9. The largest absolute Gasteiger partial charge is 0.507 e. The van der Waals surface area contributed by atoms with Crippen LogP contribution < -0.4 is 0 Å². The number of benzene rings is 2. The molecule has 0 saturated heterocycles. The van der Waals surface area contributed by atoms with Crippen molar-refractivity contribution in [2.75, 3.05) is 0 Å². The van der Waals surface area contributed by atoms with Crippen molar-refractivity contribution in [3.63, 3.8) is 0 Å². The van der Waals surface area contributed by atoms with E-state index in [1.165, 1.54) is 24.3 Å². The molecule has 0 atom stereocenters. The molecule has 0 aliphatic rings. The molecule has 2 nitrogen and oxygen atoms in total. The van der Waals surface area contributed by atoms with Gasteiger partial charge in [0.25, 0.3) is 6.43 Å². The van der Waals surface area contributed by atoms with Crippen molar-refractivity contribution in [2.45, 2.75) is 12.6 Å². The van der Waals surface area contributed by atoms with Gasteiger partial charge in [0, 0.05) is 11.6 Å². The number of aliphatic hydroxyl groups is 1. The van der Waals surface area contributed by atoms with Crippen LogP contribution in [0.2, 0.25) is 0 Å². The first kappa shape index (κ1) is 15.9. The van der Waals surface area contributed by atoms with Crippen LogP contribution in [0.5, 0.6) is 0 Å². The van der Waals surface area contributed by atoms with Gasteiger partial charge in [-0.15, -0.1) is 0 Å². The first-order valence-corrected chi connectivity index (χ1v) is 6.04. The van der Waals surface area contributed by atoms with Crippen LogP contribution in [0, 0.1) is 0 Å². The average Bonchev–Trinajstić information content (AvgIpc) is 2.44. The van der Waals surface area contributed by atoms with Gasteiger partial charge in [-0.2, -0.15) is 13.2 Å². The molecule has 116 valence electrons.